The number of amides is 1. The van der Waals surface area contributed by atoms with E-state index in [1.54, 1.807) is 0 Å². The molecule has 0 spiro atoms. The summed E-state index contributed by atoms with van der Waals surface area (Å²) < 4.78 is 0. The van der Waals surface area contributed by atoms with Gasteiger partial charge in [0.15, 0.2) is 0 Å². The van der Waals surface area contributed by atoms with Gasteiger partial charge in [0, 0.05) is 13.0 Å². The minimum atomic E-state index is 0.261. The van der Waals surface area contributed by atoms with Crippen LogP contribution in [0.3, 0.4) is 0 Å². The summed E-state index contributed by atoms with van der Waals surface area (Å²) in [5, 5.41) is 6.50. The normalized spacial score (nSPS) is 27.4. The Labute approximate surface area is 117 Å². The highest BCUT2D eigenvalue weighted by Gasteiger charge is 2.26. The first-order valence-electron chi connectivity index (χ1n) is 8.02. The van der Waals surface area contributed by atoms with Crippen LogP contribution in [-0.4, -0.2) is 25.5 Å². The second-order valence-corrected chi connectivity index (χ2v) is 7.31. The van der Waals surface area contributed by atoms with Crippen LogP contribution in [0.5, 0.6) is 0 Å². The molecular weight excluding hydrogens is 236 g/mol. The quantitative estimate of drug-likeness (QED) is 0.803. The van der Waals surface area contributed by atoms with Gasteiger partial charge in [-0.25, -0.2) is 0 Å². The Morgan fingerprint density at radius 3 is 2.58 bits per heavy atom. The van der Waals surface area contributed by atoms with Gasteiger partial charge in [-0.15, -0.1) is 0 Å². The number of carbonyl (C=O) groups excluding carboxylic acids is 1. The minimum Gasteiger partial charge on any atom is -0.356 e. The van der Waals surface area contributed by atoms with Crippen LogP contribution in [0.15, 0.2) is 0 Å². The Kier molecular flexibility index (Phi) is 5.26. The number of hydrogen-bond acceptors (Lipinski definition) is 2. The van der Waals surface area contributed by atoms with E-state index in [0.717, 1.165) is 32.0 Å². The Hall–Kier alpha value is -0.570. The van der Waals surface area contributed by atoms with Crippen molar-refractivity contribution in [3.05, 3.63) is 0 Å². The van der Waals surface area contributed by atoms with E-state index in [0.29, 0.717) is 17.8 Å². The van der Waals surface area contributed by atoms with Crippen LogP contribution < -0.4 is 10.6 Å². The van der Waals surface area contributed by atoms with E-state index >= 15 is 0 Å². The Bertz CT molecular complexity index is 285. The lowest BCUT2D eigenvalue weighted by Crippen LogP contribution is -2.32. The summed E-state index contributed by atoms with van der Waals surface area (Å²) in [4.78, 5) is 11.8. The minimum absolute atomic E-state index is 0.261. The summed E-state index contributed by atoms with van der Waals surface area (Å²) in [6.07, 6.45) is 8.17. The van der Waals surface area contributed by atoms with Gasteiger partial charge in [-0.2, -0.15) is 0 Å². The standard InChI is InChI=1S/C16H30N2O/c1-16(2)8-5-14(6-9-16)12-18-15(19)4-3-13-7-10-17-11-13/h13-14,17H,3-12H2,1-2H3,(H,18,19). The lowest BCUT2D eigenvalue weighted by atomic mass is 9.73. The van der Waals surface area contributed by atoms with Gasteiger partial charge in [0.25, 0.3) is 0 Å². The van der Waals surface area contributed by atoms with Crippen molar-refractivity contribution in [1.29, 1.82) is 0 Å². The first kappa shape index (κ1) is 14.8. The smallest absolute Gasteiger partial charge is 0.220 e. The van der Waals surface area contributed by atoms with E-state index in [-0.39, 0.29) is 5.91 Å². The molecule has 3 heteroatoms. The molecular formula is C16H30N2O. The van der Waals surface area contributed by atoms with Crippen LogP contribution >= 0.6 is 0 Å². The number of carbonyl (C=O) groups is 1. The third-order valence-corrected chi connectivity index (χ3v) is 4.99. The highest BCUT2D eigenvalue weighted by molar-refractivity contribution is 5.75. The van der Waals surface area contributed by atoms with E-state index in [1.165, 1.54) is 32.1 Å². The maximum atomic E-state index is 11.8. The van der Waals surface area contributed by atoms with Crippen molar-refractivity contribution < 1.29 is 4.79 Å². The molecule has 2 fully saturated rings. The monoisotopic (exact) mass is 266 g/mol. The molecule has 0 aromatic rings. The van der Waals surface area contributed by atoms with Crippen molar-refractivity contribution in [2.45, 2.75) is 58.8 Å². The molecule has 1 unspecified atom stereocenters. The molecule has 3 nitrogen and oxygen atoms in total. The van der Waals surface area contributed by atoms with Crippen LogP contribution in [0.1, 0.15) is 58.8 Å². The summed E-state index contributed by atoms with van der Waals surface area (Å²) in [5.41, 5.74) is 0.524. The van der Waals surface area contributed by atoms with Gasteiger partial charge < -0.3 is 10.6 Å². The SMILES string of the molecule is CC1(C)CCC(CNC(=O)CCC2CCNC2)CC1. The molecule has 1 aliphatic heterocycles. The van der Waals surface area contributed by atoms with Crippen molar-refractivity contribution >= 4 is 5.91 Å². The number of hydrogen-bond donors (Lipinski definition) is 2. The lowest BCUT2D eigenvalue weighted by molar-refractivity contribution is -0.121. The number of rotatable bonds is 5. The second-order valence-electron chi connectivity index (χ2n) is 7.31. The first-order valence-corrected chi connectivity index (χ1v) is 8.02. The molecule has 2 rings (SSSR count). The second kappa shape index (κ2) is 6.74. The maximum absolute atomic E-state index is 11.8. The van der Waals surface area contributed by atoms with Crippen molar-refractivity contribution in [2.75, 3.05) is 19.6 Å². The average Bonchev–Trinajstić information content (AvgIpc) is 2.88. The molecule has 1 saturated carbocycles. The molecule has 1 atom stereocenters. The van der Waals surface area contributed by atoms with Gasteiger partial charge in [0.2, 0.25) is 5.91 Å². The highest BCUT2D eigenvalue weighted by atomic mass is 16.1. The largest absolute Gasteiger partial charge is 0.356 e. The molecule has 110 valence electrons. The molecule has 0 aromatic carbocycles. The van der Waals surface area contributed by atoms with E-state index < -0.39 is 0 Å². The zero-order valence-electron chi connectivity index (χ0n) is 12.6. The van der Waals surface area contributed by atoms with E-state index in [2.05, 4.69) is 24.5 Å². The molecule has 1 heterocycles. The van der Waals surface area contributed by atoms with Crippen LogP contribution in [0.4, 0.5) is 0 Å². The molecule has 19 heavy (non-hydrogen) atoms. The lowest BCUT2D eigenvalue weighted by Gasteiger charge is -2.34. The highest BCUT2D eigenvalue weighted by Crippen LogP contribution is 2.37. The first-order chi connectivity index (χ1) is 9.05. The third kappa shape index (κ3) is 5.13. The van der Waals surface area contributed by atoms with Gasteiger partial charge in [-0.3, -0.25) is 4.79 Å². The fourth-order valence-corrected chi connectivity index (χ4v) is 3.31. The van der Waals surface area contributed by atoms with E-state index in [9.17, 15) is 4.79 Å². The fourth-order valence-electron chi connectivity index (χ4n) is 3.31. The summed E-state index contributed by atoms with van der Waals surface area (Å²) in [6.45, 7) is 7.85. The molecule has 0 bridgehead atoms. The van der Waals surface area contributed by atoms with Gasteiger partial charge in [-0.1, -0.05) is 13.8 Å². The summed E-state index contributed by atoms with van der Waals surface area (Å²) in [7, 11) is 0. The Morgan fingerprint density at radius 2 is 1.95 bits per heavy atom. The van der Waals surface area contributed by atoms with Crippen LogP contribution in [0, 0.1) is 17.3 Å². The van der Waals surface area contributed by atoms with Crippen LogP contribution in [-0.2, 0) is 4.79 Å². The zero-order chi connectivity index (χ0) is 13.7. The predicted octanol–water partition coefficient (Wildman–Crippen LogP) is 2.71. The average molecular weight is 266 g/mol. The van der Waals surface area contributed by atoms with E-state index in [1.807, 2.05) is 0 Å². The summed E-state index contributed by atoms with van der Waals surface area (Å²) in [5.74, 6) is 1.70. The van der Waals surface area contributed by atoms with Crippen molar-refractivity contribution in [3.63, 3.8) is 0 Å². The Balaban J connectivity index is 1.56. The van der Waals surface area contributed by atoms with Crippen molar-refractivity contribution in [1.82, 2.24) is 10.6 Å². The van der Waals surface area contributed by atoms with Crippen LogP contribution in [0.2, 0.25) is 0 Å². The molecule has 2 N–H and O–H groups in total. The predicted molar refractivity (Wildman–Crippen MR) is 79.0 cm³/mol. The molecule has 1 amide bonds. The van der Waals surface area contributed by atoms with Gasteiger partial charge in [-0.05, 0) is 68.9 Å². The van der Waals surface area contributed by atoms with Gasteiger partial charge in [0.1, 0.15) is 0 Å². The molecule has 1 saturated heterocycles. The molecule has 1 aliphatic carbocycles. The Morgan fingerprint density at radius 1 is 1.21 bits per heavy atom. The van der Waals surface area contributed by atoms with E-state index in [4.69, 9.17) is 0 Å². The third-order valence-electron chi connectivity index (χ3n) is 4.99. The maximum Gasteiger partial charge on any atom is 0.220 e. The molecule has 0 radical (unpaired) electrons. The van der Waals surface area contributed by atoms with Gasteiger partial charge >= 0.3 is 0 Å². The summed E-state index contributed by atoms with van der Waals surface area (Å²) >= 11 is 0. The fraction of sp³-hybridized carbons (Fsp3) is 0.938. The number of nitrogens with one attached hydrogen (secondary N) is 2. The van der Waals surface area contributed by atoms with Gasteiger partial charge in [0.05, 0.1) is 0 Å². The van der Waals surface area contributed by atoms with Crippen LogP contribution in [0.25, 0.3) is 0 Å². The zero-order valence-corrected chi connectivity index (χ0v) is 12.6. The van der Waals surface area contributed by atoms with Crippen molar-refractivity contribution in [2.24, 2.45) is 17.3 Å². The molecule has 2 aliphatic rings. The summed E-state index contributed by atoms with van der Waals surface area (Å²) in [6, 6.07) is 0. The molecule has 0 aromatic heterocycles. The van der Waals surface area contributed by atoms with Crippen molar-refractivity contribution in [3.8, 4) is 0 Å². The topological polar surface area (TPSA) is 41.1 Å².